The van der Waals surface area contributed by atoms with Crippen LogP contribution in [0.4, 0.5) is 0 Å². The molecule has 0 saturated carbocycles. The highest BCUT2D eigenvalue weighted by molar-refractivity contribution is 6.75. The van der Waals surface area contributed by atoms with Gasteiger partial charge in [0.05, 0.1) is 5.60 Å². The molecular weight excluding hydrogens is 196 g/mol. The summed E-state index contributed by atoms with van der Waals surface area (Å²) in [4.78, 5) is 0. The first-order valence-electron chi connectivity index (χ1n) is 5.02. The van der Waals surface area contributed by atoms with Crippen molar-refractivity contribution in [1.29, 1.82) is 0 Å². The van der Waals surface area contributed by atoms with Crippen LogP contribution in [0.1, 0.15) is 27.2 Å². The van der Waals surface area contributed by atoms with Gasteiger partial charge in [-0.1, -0.05) is 6.92 Å². The van der Waals surface area contributed by atoms with Gasteiger partial charge in [0.25, 0.3) is 0 Å². The van der Waals surface area contributed by atoms with Crippen molar-refractivity contribution in [2.75, 3.05) is 0 Å². The molecule has 0 spiro atoms. The Labute approximate surface area is 85.6 Å². The Bertz CT molecular complexity index is 152. The fraction of sp³-hybridized carbons (Fsp3) is 1.00. The van der Waals surface area contributed by atoms with Crippen molar-refractivity contribution in [1.82, 2.24) is 0 Å². The second-order valence-electron chi connectivity index (χ2n) is 5.03. The molecule has 4 heteroatoms. The Kier molecular flexibility index (Phi) is 4.86. The highest BCUT2D eigenvalue weighted by Crippen LogP contribution is 2.17. The fourth-order valence-electron chi connectivity index (χ4n) is 1.05. The summed E-state index contributed by atoms with van der Waals surface area (Å²) in [5, 5.41) is 0. The normalized spacial score (nSPS) is 15.9. The number of hydrogen-bond donors (Lipinski definition) is 0. The van der Waals surface area contributed by atoms with Gasteiger partial charge in [0, 0.05) is 0 Å². The summed E-state index contributed by atoms with van der Waals surface area (Å²) < 4.78 is 11.8. The molecule has 80 valence electrons. The molecule has 0 amide bonds. The van der Waals surface area contributed by atoms with Gasteiger partial charge in [0.2, 0.25) is 0 Å². The average molecular weight is 220 g/mol. The first-order valence-corrected chi connectivity index (χ1v) is 10.5. The van der Waals surface area contributed by atoms with E-state index in [1.54, 1.807) is 0 Å². The summed E-state index contributed by atoms with van der Waals surface area (Å²) in [5.74, 6) is 0. The summed E-state index contributed by atoms with van der Waals surface area (Å²) >= 11 is 0. The van der Waals surface area contributed by atoms with Crippen LogP contribution < -0.4 is 0 Å². The molecule has 0 aromatic rings. The largest absolute Gasteiger partial charge is 0.438 e. The molecular formula is C9H24O2Si2. The van der Waals surface area contributed by atoms with Gasteiger partial charge in [-0.15, -0.1) is 0 Å². The van der Waals surface area contributed by atoms with Crippen LogP contribution in [0.5, 0.6) is 0 Å². The molecule has 1 unspecified atom stereocenters. The smallest absolute Gasteiger partial charge is 0.308 e. The molecule has 0 aromatic carbocycles. The topological polar surface area (TPSA) is 18.5 Å². The van der Waals surface area contributed by atoms with Crippen LogP contribution in [-0.2, 0) is 8.54 Å². The minimum absolute atomic E-state index is 0.00864. The van der Waals surface area contributed by atoms with E-state index in [1.165, 1.54) is 0 Å². The minimum Gasteiger partial charge on any atom is -0.438 e. The Morgan fingerprint density at radius 1 is 1.23 bits per heavy atom. The van der Waals surface area contributed by atoms with Crippen molar-refractivity contribution in [2.45, 2.75) is 59.0 Å². The number of hydrogen-bond acceptors (Lipinski definition) is 2. The highest BCUT2D eigenvalue weighted by Gasteiger charge is 2.25. The van der Waals surface area contributed by atoms with E-state index in [-0.39, 0.29) is 5.60 Å². The van der Waals surface area contributed by atoms with Gasteiger partial charge in [-0.3, -0.25) is 0 Å². The Morgan fingerprint density at radius 3 is 2.00 bits per heavy atom. The van der Waals surface area contributed by atoms with Gasteiger partial charge in [-0.05, 0) is 46.5 Å². The van der Waals surface area contributed by atoms with E-state index in [9.17, 15) is 0 Å². The molecule has 13 heavy (non-hydrogen) atoms. The van der Waals surface area contributed by atoms with E-state index < -0.39 is 17.6 Å². The Morgan fingerprint density at radius 2 is 1.69 bits per heavy atom. The molecule has 0 saturated heterocycles. The SMILES string of the molecule is CCC(C)(C)O[SiH](C)O[Si](C)(C)C. The third-order valence-corrected chi connectivity index (χ3v) is 6.98. The molecule has 0 N–H and O–H groups in total. The monoisotopic (exact) mass is 220 g/mol. The third kappa shape index (κ3) is 7.43. The van der Waals surface area contributed by atoms with Crippen LogP contribution in [0, 0.1) is 0 Å². The van der Waals surface area contributed by atoms with Gasteiger partial charge in [0.1, 0.15) is 0 Å². The second kappa shape index (κ2) is 4.73. The van der Waals surface area contributed by atoms with Crippen LogP contribution in [0.25, 0.3) is 0 Å². The van der Waals surface area contributed by atoms with Crippen molar-refractivity contribution >= 4 is 17.6 Å². The molecule has 0 radical (unpaired) electrons. The van der Waals surface area contributed by atoms with Crippen LogP contribution >= 0.6 is 0 Å². The van der Waals surface area contributed by atoms with Crippen LogP contribution in [-0.4, -0.2) is 23.2 Å². The zero-order chi connectivity index (χ0) is 10.7. The maximum absolute atomic E-state index is 5.93. The van der Waals surface area contributed by atoms with E-state index in [1.807, 2.05) is 0 Å². The van der Waals surface area contributed by atoms with Crippen molar-refractivity contribution in [3.8, 4) is 0 Å². The van der Waals surface area contributed by atoms with Crippen molar-refractivity contribution in [2.24, 2.45) is 0 Å². The maximum atomic E-state index is 5.93. The molecule has 0 aromatic heterocycles. The molecule has 0 aliphatic rings. The standard InChI is InChI=1S/C9H24O2Si2/c1-8-9(2,3)10-12(4)11-13(5,6)7/h12H,8H2,1-7H3. The Hall–Kier alpha value is 0.354. The van der Waals surface area contributed by atoms with Gasteiger partial charge >= 0.3 is 9.28 Å². The van der Waals surface area contributed by atoms with Crippen molar-refractivity contribution < 1.29 is 8.54 Å². The van der Waals surface area contributed by atoms with Crippen LogP contribution in [0.3, 0.4) is 0 Å². The highest BCUT2D eigenvalue weighted by atomic mass is 28.4. The lowest BCUT2D eigenvalue weighted by molar-refractivity contribution is 0.0831. The lowest BCUT2D eigenvalue weighted by atomic mass is 10.1. The summed E-state index contributed by atoms with van der Waals surface area (Å²) in [6.45, 7) is 15.1. The first-order chi connectivity index (χ1) is 5.66. The lowest BCUT2D eigenvalue weighted by Gasteiger charge is -2.31. The molecule has 2 nitrogen and oxygen atoms in total. The summed E-state index contributed by atoms with van der Waals surface area (Å²) in [6.07, 6.45) is 1.04. The van der Waals surface area contributed by atoms with Crippen LogP contribution in [0.2, 0.25) is 26.2 Å². The molecule has 0 rings (SSSR count). The van der Waals surface area contributed by atoms with Crippen molar-refractivity contribution in [3.05, 3.63) is 0 Å². The minimum atomic E-state index is -1.41. The summed E-state index contributed by atoms with van der Waals surface area (Å²) in [6, 6.07) is 0. The maximum Gasteiger partial charge on any atom is 0.308 e. The predicted molar refractivity (Wildman–Crippen MR) is 62.9 cm³/mol. The molecule has 0 aliphatic carbocycles. The van der Waals surface area contributed by atoms with E-state index in [4.69, 9.17) is 8.54 Å². The fourth-order valence-corrected chi connectivity index (χ4v) is 6.30. The van der Waals surface area contributed by atoms with E-state index >= 15 is 0 Å². The molecule has 0 aliphatic heterocycles. The third-order valence-electron chi connectivity index (χ3n) is 1.86. The van der Waals surface area contributed by atoms with Crippen LogP contribution in [0.15, 0.2) is 0 Å². The zero-order valence-corrected chi connectivity index (χ0v) is 12.3. The Balaban J connectivity index is 3.94. The van der Waals surface area contributed by atoms with E-state index in [2.05, 4.69) is 47.0 Å². The first kappa shape index (κ1) is 13.4. The van der Waals surface area contributed by atoms with Gasteiger partial charge in [-0.25, -0.2) is 0 Å². The average Bonchev–Trinajstić information content (AvgIpc) is 1.81. The number of rotatable bonds is 5. The summed E-state index contributed by atoms with van der Waals surface area (Å²) in [7, 11) is -2.80. The van der Waals surface area contributed by atoms with E-state index in [0.717, 1.165) is 6.42 Å². The van der Waals surface area contributed by atoms with Gasteiger partial charge < -0.3 is 8.54 Å². The molecule has 0 fully saturated rings. The zero-order valence-electron chi connectivity index (χ0n) is 10.1. The molecule has 0 bridgehead atoms. The quantitative estimate of drug-likeness (QED) is 0.663. The van der Waals surface area contributed by atoms with E-state index in [0.29, 0.717) is 0 Å². The van der Waals surface area contributed by atoms with Gasteiger partial charge in [0.15, 0.2) is 8.32 Å². The predicted octanol–water partition coefficient (Wildman–Crippen LogP) is 2.89. The molecule has 0 heterocycles. The van der Waals surface area contributed by atoms with Gasteiger partial charge in [-0.2, -0.15) is 0 Å². The summed E-state index contributed by atoms with van der Waals surface area (Å²) in [5.41, 5.74) is -0.00864. The molecule has 1 atom stereocenters. The second-order valence-corrected chi connectivity index (χ2v) is 11.6. The van der Waals surface area contributed by atoms with Crippen molar-refractivity contribution in [3.63, 3.8) is 0 Å². The lowest BCUT2D eigenvalue weighted by Crippen LogP contribution is -2.40.